The standard InChI is InChI=1S/C17H14Br2ClNO2/c1-10-3-5-13(9-15(10)20)21-16(22)6-4-11-7-12(18)8-14(19)17(11)23-2/h3-9H,1-2H3,(H,21,22)/b6-4+. The number of anilines is 1. The van der Waals surface area contributed by atoms with Gasteiger partial charge in [-0.25, -0.2) is 0 Å². The Morgan fingerprint density at radius 1 is 1.26 bits per heavy atom. The van der Waals surface area contributed by atoms with Gasteiger partial charge in [0.1, 0.15) is 5.75 Å². The van der Waals surface area contributed by atoms with Gasteiger partial charge in [-0.3, -0.25) is 4.79 Å². The van der Waals surface area contributed by atoms with Crippen LogP contribution in [-0.2, 0) is 4.79 Å². The summed E-state index contributed by atoms with van der Waals surface area (Å²) in [5.41, 5.74) is 2.40. The molecule has 2 aromatic rings. The van der Waals surface area contributed by atoms with Crippen LogP contribution in [-0.4, -0.2) is 13.0 Å². The van der Waals surface area contributed by atoms with E-state index < -0.39 is 0 Å². The van der Waals surface area contributed by atoms with Gasteiger partial charge in [-0.1, -0.05) is 33.6 Å². The minimum Gasteiger partial charge on any atom is -0.495 e. The molecule has 0 spiro atoms. The van der Waals surface area contributed by atoms with Crippen molar-refractivity contribution in [3.05, 3.63) is 61.5 Å². The number of amides is 1. The van der Waals surface area contributed by atoms with Gasteiger partial charge in [-0.15, -0.1) is 0 Å². The fraction of sp³-hybridized carbons (Fsp3) is 0.118. The van der Waals surface area contributed by atoms with Gasteiger partial charge in [0, 0.05) is 26.8 Å². The lowest BCUT2D eigenvalue weighted by Gasteiger charge is -2.08. The molecule has 0 aliphatic carbocycles. The zero-order chi connectivity index (χ0) is 17.0. The molecule has 1 N–H and O–H groups in total. The maximum atomic E-state index is 12.0. The van der Waals surface area contributed by atoms with E-state index in [0.29, 0.717) is 16.5 Å². The van der Waals surface area contributed by atoms with Crippen LogP contribution in [0.1, 0.15) is 11.1 Å². The minimum atomic E-state index is -0.247. The highest BCUT2D eigenvalue weighted by molar-refractivity contribution is 9.11. The number of aryl methyl sites for hydroxylation is 1. The summed E-state index contributed by atoms with van der Waals surface area (Å²) >= 11 is 12.9. The lowest BCUT2D eigenvalue weighted by atomic mass is 10.2. The summed E-state index contributed by atoms with van der Waals surface area (Å²) in [6, 6.07) is 9.14. The maximum Gasteiger partial charge on any atom is 0.248 e. The molecule has 2 aromatic carbocycles. The second-order valence-corrected chi connectivity index (χ2v) is 6.97. The first kappa shape index (κ1) is 18.0. The summed E-state index contributed by atoms with van der Waals surface area (Å²) in [5, 5.41) is 3.39. The van der Waals surface area contributed by atoms with E-state index in [1.54, 1.807) is 19.3 Å². The highest BCUT2D eigenvalue weighted by Gasteiger charge is 2.07. The van der Waals surface area contributed by atoms with Crippen molar-refractivity contribution in [3.8, 4) is 5.75 Å². The average Bonchev–Trinajstić information content (AvgIpc) is 2.48. The molecule has 120 valence electrons. The van der Waals surface area contributed by atoms with Gasteiger partial charge in [-0.05, 0) is 58.8 Å². The summed E-state index contributed by atoms with van der Waals surface area (Å²) in [4.78, 5) is 12.0. The van der Waals surface area contributed by atoms with Crippen molar-refractivity contribution in [2.24, 2.45) is 0 Å². The molecule has 23 heavy (non-hydrogen) atoms. The molecule has 0 atom stereocenters. The number of hydrogen-bond donors (Lipinski definition) is 1. The fourth-order valence-corrected chi connectivity index (χ4v) is 3.54. The summed E-state index contributed by atoms with van der Waals surface area (Å²) in [6.07, 6.45) is 3.14. The molecule has 2 rings (SSSR count). The van der Waals surface area contributed by atoms with Crippen LogP contribution in [0.3, 0.4) is 0 Å². The molecule has 3 nitrogen and oxygen atoms in total. The number of rotatable bonds is 4. The van der Waals surface area contributed by atoms with E-state index in [4.69, 9.17) is 16.3 Å². The van der Waals surface area contributed by atoms with E-state index in [1.807, 2.05) is 31.2 Å². The summed E-state index contributed by atoms with van der Waals surface area (Å²) in [7, 11) is 1.58. The highest BCUT2D eigenvalue weighted by Crippen LogP contribution is 2.33. The molecule has 0 saturated carbocycles. The molecule has 0 aliphatic rings. The molecule has 1 amide bonds. The van der Waals surface area contributed by atoms with Crippen molar-refractivity contribution in [1.82, 2.24) is 0 Å². The zero-order valence-corrected chi connectivity index (χ0v) is 16.4. The van der Waals surface area contributed by atoms with E-state index in [2.05, 4.69) is 37.2 Å². The Balaban J connectivity index is 2.16. The molecule has 0 radical (unpaired) electrons. The van der Waals surface area contributed by atoms with Crippen molar-refractivity contribution >= 4 is 61.1 Å². The topological polar surface area (TPSA) is 38.3 Å². The Hall–Kier alpha value is -1.30. The first-order chi connectivity index (χ1) is 10.9. The predicted molar refractivity (Wildman–Crippen MR) is 102 cm³/mol. The number of methoxy groups -OCH3 is 1. The quantitative estimate of drug-likeness (QED) is 0.584. The lowest BCUT2D eigenvalue weighted by molar-refractivity contribution is -0.111. The monoisotopic (exact) mass is 457 g/mol. The summed E-state index contributed by atoms with van der Waals surface area (Å²) in [5.74, 6) is 0.415. The van der Waals surface area contributed by atoms with E-state index in [9.17, 15) is 4.79 Å². The number of nitrogens with one attached hydrogen (secondary N) is 1. The molecular formula is C17H14Br2ClNO2. The van der Waals surface area contributed by atoms with Crippen LogP contribution in [0, 0.1) is 6.92 Å². The number of benzene rings is 2. The van der Waals surface area contributed by atoms with Gasteiger partial charge in [0.05, 0.1) is 11.6 Å². The molecule has 0 fully saturated rings. The lowest BCUT2D eigenvalue weighted by Crippen LogP contribution is -2.07. The largest absolute Gasteiger partial charge is 0.495 e. The maximum absolute atomic E-state index is 12.0. The first-order valence-electron chi connectivity index (χ1n) is 6.69. The highest BCUT2D eigenvalue weighted by atomic mass is 79.9. The van der Waals surface area contributed by atoms with Crippen molar-refractivity contribution < 1.29 is 9.53 Å². The smallest absolute Gasteiger partial charge is 0.248 e. The normalized spacial score (nSPS) is 10.8. The molecule has 0 aliphatic heterocycles. The van der Waals surface area contributed by atoms with Crippen molar-refractivity contribution in [1.29, 1.82) is 0 Å². The van der Waals surface area contributed by atoms with Crippen molar-refractivity contribution in [2.75, 3.05) is 12.4 Å². The molecule has 0 unspecified atom stereocenters. The van der Waals surface area contributed by atoms with Crippen LogP contribution in [0.15, 0.2) is 45.4 Å². The van der Waals surface area contributed by atoms with Crippen LogP contribution >= 0.6 is 43.5 Å². The Morgan fingerprint density at radius 2 is 2.00 bits per heavy atom. The Kier molecular flexibility index (Phi) is 6.27. The Morgan fingerprint density at radius 3 is 2.65 bits per heavy atom. The van der Waals surface area contributed by atoms with Crippen LogP contribution < -0.4 is 10.1 Å². The summed E-state index contributed by atoms with van der Waals surface area (Å²) in [6.45, 7) is 1.91. The third kappa shape index (κ3) is 4.83. The van der Waals surface area contributed by atoms with Gasteiger partial charge >= 0.3 is 0 Å². The van der Waals surface area contributed by atoms with Crippen LogP contribution in [0.25, 0.3) is 6.08 Å². The SMILES string of the molecule is COc1c(Br)cc(Br)cc1/C=C/C(=O)Nc1ccc(C)c(Cl)c1. The molecular weight excluding hydrogens is 445 g/mol. The van der Waals surface area contributed by atoms with Crippen molar-refractivity contribution in [3.63, 3.8) is 0 Å². The number of carbonyl (C=O) groups is 1. The second-order valence-electron chi connectivity index (χ2n) is 4.80. The van der Waals surface area contributed by atoms with Gasteiger partial charge in [0.2, 0.25) is 5.91 Å². The number of ether oxygens (including phenoxy) is 1. The average molecular weight is 460 g/mol. The van der Waals surface area contributed by atoms with Gasteiger partial charge in [-0.2, -0.15) is 0 Å². The molecule has 0 saturated heterocycles. The first-order valence-corrected chi connectivity index (χ1v) is 8.65. The molecule has 6 heteroatoms. The molecule has 0 heterocycles. The van der Waals surface area contributed by atoms with Crippen LogP contribution in [0.5, 0.6) is 5.75 Å². The van der Waals surface area contributed by atoms with E-state index in [0.717, 1.165) is 20.1 Å². The van der Waals surface area contributed by atoms with Crippen LogP contribution in [0.2, 0.25) is 5.02 Å². The number of carbonyl (C=O) groups excluding carboxylic acids is 1. The minimum absolute atomic E-state index is 0.247. The number of halogens is 3. The summed E-state index contributed by atoms with van der Waals surface area (Å²) < 4.78 is 7.03. The van der Waals surface area contributed by atoms with E-state index in [-0.39, 0.29) is 5.91 Å². The van der Waals surface area contributed by atoms with E-state index in [1.165, 1.54) is 6.08 Å². The van der Waals surface area contributed by atoms with Gasteiger partial charge in [0.15, 0.2) is 0 Å². The van der Waals surface area contributed by atoms with E-state index >= 15 is 0 Å². The predicted octanol–water partition coefficient (Wildman–Crippen LogP) is 5.83. The zero-order valence-electron chi connectivity index (χ0n) is 12.5. The Labute approximate surface area is 156 Å². The fourth-order valence-electron chi connectivity index (χ4n) is 1.94. The Bertz CT molecular complexity index is 775. The molecule has 0 aromatic heterocycles. The third-order valence-corrected chi connectivity index (χ3v) is 4.55. The van der Waals surface area contributed by atoms with Gasteiger partial charge in [0.25, 0.3) is 0 Å². The molecule has 0 bridgehead atoms. The second kappa shape index (κ2) is 7.99. The van der Waals surface area contributed by atoms with Gasteiger partial charge < -0.3 is 10.1 Å². The van der Waals surface area contributed by atoms with Crippen LogP contribution in [0.4, 0.5) is 5.69 Å². The third-order valence-electron chi connectivity index (χ3n) is 3.09. The number of hydrogen-bond acceptors (Lipinski definition) is 2. The van der Waals surface area contributed by atoms with Crippen molar-refractivity contribution in [2.45, 2.75) is 6.92 Å².